The summed E-state index contributed by atoms with van der Waals surface area (Å²) < 4.78 is 0. The van der Waals surface area contributed by atoms with Crippen LogP contribution in [0, 0.1) is 6.92 Å². The molecule has 0 aliphatic heterocycles. The molecule has 0 saturated heterocycles. The Morgan fingerprint density at radius 1 is 0.960 bits per heavy atom. The van der Waals surface area contributed by atoms with Gasteiger partial charge in [0.25, 0.3) is 11.8 Å². The second-order valence-corrected chi connectivity index (χ2v) is 6.39. The number of aryl methyl sites for hydroxylation is 1. The third-order valence-electron chi connectivity index (χ3n) is 3.31. The SMILES string of the molecule is Cc1cccc(C(=O)NC(=S)Nc2cccc(C(=O)NC(C)C)c2)c1. The standard InChI is InChI=1S/C19H21N3O2S/c1-12(2)20-17(23)15-8-5-9-16(11-15)21-19(25)22-18(24)14-7-4-6-13(3)10-14/h4-12H,1-3H3,(H,20,23)(H2,21,22,24,25). The third-order valence-corrected chi connectivity index (χ3v) is 3.51. The lowest BCUT2D eigenvalue weighted by atomic mass is 10.1. The van der Waals surface area contributed by atoms with Gasteiger partial charge >= 0.3 is 0 Å². The summed E-state index contributed by atoms with van der Waals surface area (Å²) in [6, 6.07) is 14.2. The normalized spacial score (nSPS) is 10.2. The molecule has 2 rings (SSSR count). The Kier molecular flexibility index (Phi) is 6.25. The molecule has 0 saturated carbocycles. The summed E-state index contributed by atoms with van der Waals surface area (Å²) in [6.45, 7) is 5.72. The largest absolute Gasteiger partial charge is 0.350 e. The van der Waals surface area contributed by atoms with E-state index in [9.17, 15) is 9.59 Å². The highest BCUT2D eigenvalue weighted by atomic mass is 32.1. The van der Waals surface area contributed by atoms with Crippen molar-refractivity contribution in [2.75, 3.05) is 5.32 Å². The first-order valence-corrected chi connectivity index (χ1v) is 8.36. The van der Waals surface area contributed by atoms with Crippen LogP contribution in [-0.2, 0) is 0 Å². The quantitative estimate of drug-likeness (QED) is 0.736. The minimum absolute atomic E-state index is 0.0545. The van der Waals surface area contributed by atoms with Gasteiger partial charge in [-0.3, -0.25) is 14.9 Å². The van der Waals surface area contributed by atoms with Crippen LogP contribution in [0.15, 0.2) is 48.5 Å². The smallest absolute Gasteiger partial charge is 0.257 e. The van der Waals surface area contributed by atoms with Crippen LogP contribution in [0.2, 0.25) is 0 Å². The fraction of sp³-hybridized carbons (Fsp3) is 0.211. The van der Waals surface area contributed by atoms with Crippen molar-refractivity contribution in [2.24, 2.45) is 0 Å². The molecule has 0 unspecified atom stereocenters. The maximum Gasteiger partial charge on any atom is 0.257 e. The molecule has 0 atom stereocenters. The lowest BCUT2D eigenvalue weighted by molar-refractivity contribution is 0.0941. The Balaban J connectivity index is 2.01. The zero-order chi connectivity index (χ0) is 18.4. The van der Waals surface area contributed by atoms with Crippen LogP contribution in [0.1, 0.15) is 40.1 Å². The molecule has 0 aromatic heterocycles. The summed E-state index contributed by atoms with van der Waals surface area (Å²) in [5.74, 6) is -0.441. The number of carbonyl (C=O) groups excluding carboxylic acids is 2. The van der Waals surface area contributed by atoms with Gasteiger partial charge in [-0.05, 0) is 63.3 Å². The van der Waals surface area contributed by atoms with E-state index >= 15 is 0 Å². The topological polar surface area (TPSA) is 70.2 Å². The minimum atomic E-state index is -0.282. The number of rotatable bonds is 4. The molecule has 5 nitrogen and oxygen atoms in total. The van der Waals surface area contributed by atoms with Crippen molar-refractivity contribution < 1.29 is 9.59 Å². The molecule has 25 heavy (non-hydrogen) atoms. The molecule has 0 aliphatic rings. The van der Waals surface area contributed by atoms with Crippen LogP contribution in [0.5, 0.6) is 0 Å². The second kappa shape index (κ2) is 8.39. The van der Waals surface area contributed by atoms with Gasteiger partial charge in [-0.1, -0.05) is 23.8 Å². The van der Waals surface area contributed by atoms with Gasteiger partial charge in [0.15, 0.2) is 5.11 Å². The van der Waals surface area contributed by atoms with Crippen molar-refractivity contribution >= 4 is 34.8 Å². The van der Waals surface area contributed by atoms with Crippen molar-refractivity contribution in [1.29, 1.82) is 0 Å². The summed E-state index contributed by atoms with van der Waals surface area (Å²) in [7, 11) is 0. The molecule has 2 aromatic carbocycles. The molecule has 130 valence electrons. The van der Waals surface area contributed by atoms with E-state index in [4.69, 9.17) is 12.2 Å². The van der Waals surface area contributed by atoms with E-state index in [0.29, 0.717) is 16.8 Å². The molecule has 3 N–H and O–H groups in total. The predicted octanol–water partition coefficient (Wildman–Crippen LogP) is 3.26. The fourth-order valence-corrected chi connectivity index (χ4v) is 2.42. The van der Waals surface area contributed by atoms with Gasteiger partial charge in [0.1, 0.15) is 0 Å². The lowest BCUT2D eigenvalue weighted by Gasteiger charge is -2.12. The van der Waals surface area contributed by atoms with Crippen LogP contribution >= 0.6 is 12.2 Å². The summed E-state index contributed by atoms with van der Waals surface area (Å²) in [5, 5.41) is 8.56. The Hall–Kier alpha value is -2.73. The number of thiocarbonyl (C=S) groups is 1. The number of nitrogens with one attached hydrogen (secondary N) is 3. The van der Waals surface area contributed by atoms with E-state index in [1.807, 2.05) is 32.9 Å². The van der Waals surface area contributed by atoms with Crippen molar-refractivity contribution in [1.82, 2.24) is 10.6 Å². The number of anilines is 1. The molecular formula is C19H21N3O2S. The minimum Gasteiger partial charge on any atom is -0.350 e. The number of benzene rings is 2. The van der Waals surface area contributed by atoms with Crippen LogP contribution in [0.25, 0.3) is 0 Å². The van der Waals surface area contributed by atoms with Gasteiger partial charge in [-0.25, -0.2) is 0 Å². The van der Waals surface area contributed by atoms with E-state index in [-0.39, 0.29) is 23.0 Å². The van der Waals surface area contributed by atoms with Gasteiger partial charge in [0.2, 0.25) is 0 Å². The number of hydrogen-bond acceptors (Lipinski definition) is 3. The first-order valence-electron chi connectivity index (χ1n) is 7.95. The molecule has 0 aliphatic carbocycles. The zero-order valence-corrected chi connectivity index (χ0v) is 15.2. The van der Waals surface area contributed by atoms with Gasteiger partial charge in [-0.2, -0.15) is 0 Å². The molecule has 2 amide bonds. The molecule has 2 aromatic rings. The molecular weight excluding hydrogens is 334 g/mol. The van der Waals surface area contributed by atoms with Crippen molar-refractivity contribution in [3.63, 3.8) is 0 Å². The maximum atomic E-state index is 12.2. The van der Waals surface area contributed by atoms with Crippen molar-refractivity contribution in [3.8, 4) is 0 Å². The van der Waals surface area contributed by atoms with E-state index in [0.717, 1.165) is 5.56 Å². The van der Waals surface area contributed by atoms with Gasteiger partial charge in [-0.15, -0.1) is 0 Å². The molecule has 0 heterocycles. The molecule has 0 fully saturated rings. The van der Waals surface area contributed by atoms with Crippen molar-refractivity contribution in [2.45, 2.75) is 26.8 Å². The Morgan fingerprint density at radius 2 is 1.60 bits per heavy atom. The van der Waals surface area contributed by atoms with Crippen LogP contribution in [0.3, 0.4) is 0 Å². The first-order chi connectivity index (χ1) is 11.8. The molecule has 6 heteroatoms. The Morgan fingerprint density at radius 3 is 2.24 bits per heavy atom. The van der Waals surface area contributed by atoms with E-state index < -0.39 is 0 Å². The average molecular weight is 355 g/mol. The maximum absolute atomic E-state index is 12.2. The highest BCUT2D eigenvalue weighted by molar-refractivity contribution is 7.80. The van der Waals surface area contributed by atoms with E-state index in [2.05, 4.69) is 16.0 Å². The molecule has 0 radical (unpaired) electrons. The van der Waals surface area contributed by atoms with Crippen LogP contribution < -0.4 is 16.0 Å². The highest BCUT2D eigenvalue weighted by Gasteiger charge is 2.10. The summed E-state index contributed by atoms with van der Waals surface area (Å²) in [4.78, 5) is 24.2. The van der Waals surface area contributed by atoms with Crippen LogP contribution in [-0.4, -0.2) is 23.0 Å². The summed E-state index contributed by atoms with van der Waals surface area (Å²) >= 11 is 5.18. The summed E-state index contributed by atoms with van der Waals surface area (Å²) in [6.07, 6.45) is 0. The molecule has 0 bridgehead atoms. The number of hydrogen-bond donors (Lipinski definition) is 3. The van der Waals surface area contributed by atoms with E-state index in [1.54, 1.807) is 36.4 Å². The Labute approximate surface area is 152 Å². The van der Waals surface area contributed by atoms with Crippen molar-refractivity contribution in [3.05, 3.63) is 65.2 Å². The number of amides is 2. The predicted molar refractivity (Wildman–Crippen MR) is 104 cm³/mol. The monoisotopic (exact) mass is 355 g/mol. The third kappa shape index (κ3) is 5.69. The zero-order valence-electron chi connectivity index (χ0n) is 14.4. The first kappa shape index (κ1) is 18.6. The van der Waals surface area contributed by atoms with Crippen LogP contribution in [0.4, 0.5) is 5.69 Å². The fourth-order valence-electron chi connectivity index (χ4n) is 2.21. The average Bonchev–Trinajstić information content (AvgIpc) is 2.54. The van der Waals surface area contributed by atoms with Gasteiger partial charge < -0.3 is 10.6 Å². The lowest BCUT2D eigenvalue weighted by Crippen LogP contribution is -2.34. The molecule has 0 spiro atoms. The number of carbonyl (C=O) groups is 2. The van der Waals surface area contributed by atoms with Gasteiger partial charge in [0.05, 0.1) is 0 Å². The van der Waals surface area contributed by atoms with E-state index in [1.165, 1.54) is 0 Å². The summed E-state index contributed by atoms with van der Waals surface area (Å²) in [5.41, 5.74) is 2.68. The van der Waals surface area contributed by atoms with Gasteiger partial charge in [0, 0.05) is 22.9 Å². The highest BCUT2D eigenvalue weighted by Crippen LogP contribution is 2.11. The Bertz CT molecular complexity index is 803. The second-order valence-electron chi connectivity index (χ2n) is 5.99.